The zero-order chi connectivity index (χ0) is 14.8. The van der Waals surface area contributed by atoms with Gasteiger partial charge in [0.15, 0.2) is 0 Å². The van der Waals surface area contributed by atoms with E-state index < -0.39 is 7.60 Å². The molecule has 0 saturated carbocycles. The Morgan fingerprint density at radius 2 is 1.85 bits per heavy atom. The third-order valence-electron chi connectivity index (χ3n) is 2.45. The van der Waals surface area contributed by atoms with E-state index in [4.69, 9.17) is 9.05 Å². The van der Waals surface area contributed by atoms with Gasteiger partial charge < -0.3 is 14.4 Å². The van der Waals surface area contributed by atoms with E-state index in [2.05, 4.69) is 33.4 Å². The summed E-state index contributed by atoms with van der Waals surface area (Å²) in [5, 5.41) is 3.25. The second kappa shape index (κ2) is 9.48. The molecule has 112 valence electrons. The summed E-state index contributed by atoms with van der Waals surface area (Å²) >= 11 is 3.30. The summed E-state index contributed by atoms with van der Waals surface area (Å²) < 4.78 is 23.3. The third-order valence-corrected chi connectivity index (χ3v) is 5.98. The monoisotopic (exact) mass is 361 g/mol. The Morgan fingerprint density at radius 3 is 2.40 bits per heavy atom. The van der Waals surface area contributed by atoms with Crippen LogP contribution in [0.1, 0.15) is 19.4 Å². The van der Waals surface area contributed by atoms with Crippen molar-refractivity contribution in [2.45, 2.75) is 20.4 Å². The van der Waals surface area contributed by atoms with Crippen LogP contribution in [0, 0.1) is 0 Å². The third kappa shape index (κ3) is 5.90. The lowest BCUT2D eigenvalue weighted by Crippen LogP contribution is -2.13. The molecule has 0 unspecified atom stereocenters. The zero-order valence-corrected chi connectivity index (χ0v) is 14.3. The van der Waals surface area contributed by atoms with Gasteiger partial charge in [-0.2, -0.15) is 0 Å². The molecule has 6 heteroatoms. The highest BCUT2D eigenvalue weighted by Crippen LogP contribution is 2.58. The van der Waals surface area contributed by atoms with Crippen LogP contribution in [0.2, 0.25) is 0 Å². The van der Waals surface area contributed by atoms with Crippen LogP contribution in [0.3, 0.4) is 0 Å². The molecule has 0 bridgehead atoms. The first-order chi connectivity index (χ1) is 9.62. The molecular formula is C14H21BrNO3P. The Balaban J connectivity index is 2.49. The molecule has 0 atom stereocenters. The second-order valence-electron chi connectivity index (χ2n) is 3.98. The van der Waals surface area contributed by atoms with Gasteiger partial charge >= 0.3 is 7.60 Å². The van der Waals surface area contributed by atoms with E-state index in [0.29, 0.717) is 24.0 Å². The van der Waals surface area contributed by atoms with Crippen molar-refractivity contribution in [2.24, 2.45) is 0 Å². The summed E-state index contributed by atoms with van der Waals surface area (Å²) in [4.78, 5) is 0. The number of hydrogen-bond donors (Lipinski definition) is 1. The van der Waals surface area contributed by atoms with Crippen LogP contribution in [0.4, 0.5) is 0 Å². The van der Waals surface area contributed by atoms with E-state index in [0.717, 1.165) is 6.54 Å². The lowest BCUT2D eigenvalue weighted by Gasteiger charge is -2.16. The number of nitrogens with one attached hydrogen (secondary N) is 1. The molecule has 0 aliphatic rings. The summed E-state index contributed by atoms with van der Waals surface area (Å²) in [5.74, 6) is 0. The molecule has 0 fully saturated rings. The Morgan fingerprint density at radius 1 is 1.25 bits per heavy atom. The smallest absolute Gasteiger partial charge is 0.309 e. The fourth-order valence-electron chi connectivity index (χ4n) is 1.58. The quantitative estimate of drug-likeness (QED) is 0.526. The maximum atomic E-state index is 12.4. The fourth-order valence-corrected chi connectivity index (χ4v) is 3.67. The molecule has 0 heterocycles. The van der Waals surface area contributed by atoms with E-state index in [-0.39, 0.29) is 0 Å². The zero-order valence-electron chi connectivity index (χ0n) is 11.8. The van der Waals surface area contributed by atoms with Crippen LogP contribution in [0.25, 0.3) is 0 Å². The Labute approximate surface area is 129 Å². The molecule has 0 radical (unpaired) electrons. The molecule has 0 aromatic heterocycles. The fraction of sp³-hybridized carbons (Fsp3) is 0.429. The summed E-state index contributed by atoms with van der Waals surface area (Å²) in [5.41, 5.74) is 1.20. The minimum atomic E-state index is -3.18. The topological polar surface area (TPSA) is 47.6 Å². The molecule has 0 aliphatic heterocycles. The predicted molar refractivity (Wildman–Crippen MR) is 86.0 cm³/mol. The number of halogens is 1. The van der Waals surface area contributed by atoms with E-state index in [1.54, 1.807) is 19.9 Å². The van der Waals surface area contributed by atoms with Gasteiger partial charge in [-0.3, -0.25) is 4.57 Å². The van der Waals surface area contributed by atoms with Crippen molar-refractivity contribution < 1.29 is 13.6 Å². The largest absolute Gasteiger partial charge is 0.367 e. The highest BCUT2D eigenvalue weighted by molar-refractivity contribution is 9.13. The standard InChI is InChI=1S/C14H21BrNO3P/c1-3-18-20(17,19-4-2)14(15)10-11-16-12-13-8-6-5-7-9-13/h5-10,16H,3-4,11-12H2,1-2H3/b14-10-. The van der Waals surface area contributed by atoms with Crippen molar-refractivity contribution in [1.82, 2.24) is 5.32 Å². The average molecular weight is 362 g/mol. The van der Waals surface area contributed by atoms with Crippen molar-refractivity contribution in [3.05, 3.63) is 46.2 Å². The van der Waals surface area contributed by atoms with Crippen LogP contribution in [0.5, 0.6) is 0 Å². The van der Waals surface area contributed by atoms with Crippen molar-refractivity contribution in [3.8, 4) is 0 Å². The van der Waals surface area contributed by atoms with Gasteiger partial charge in [-0.1, -0.05) is 30.3 Å². The summed E-state index contributed by atoms with van der Waals surface area (Å²) in [6.07, 6.45) is 1.79. The first-order valence-electron chi connectivity index (χ1n) is 6.62. The summed E-state index contributed by atoms with van der Waals surface area (Å²) in [6.45, 7) is 5.61. The molecule has 20 heavy (non-hydrogen) atoms. The van der Waals surface area contributed by atoms with Crippen molar-refractivity contribution in [2.75, 3.05) is 19.8 Å². The number of rotatable bonds is 9. The molecule has 4 nitrogen and oxygen atoms in total. The van der Waals surface area contributed by atoms with Crippen molar-refractivity contribution in [3.63, 3.8) is 0 Å². The van der Waals surface area contributed by atoms with Crippen LogP contribution < -0.4 is 5.32 Å². The molecule has 1 rings (SSSR count). The van der Waals surface area contributed by atoms with Gasteiger partial charge in [-0.25, -0.2) is 0 Å². The molecule has 0 spiro atoms. The highest BCUT2D eigenvalue weighted by Gasteiger charge is 2.27. The number of benzene rings is 1. The SMILES string of the molecule is CCOP(=O)(OCC)/C(Br)=C\CNCc1ccccc1. The Hall–Kier alpha value is -0.450. The van der Waals surface area contributed by atoms with Gasteiger partial charge in [0, 0.05) is 13.1 Å². The van der Waals surface area contributed by atoms with E-state index >= 15 is 0 Å². The van der Waals surface area contributed by atoms with Crippen LogP contribution in [0.15, 0.2) is 40.6 Å². The normalized spacial score (nSPS) is 12.7. The van der Waals surface area contributed by atoms with Gasteiger partial charge in [-0.15, -0.1) is 0 Å². The van der Waals surface area contributed by atoms with Crippen LogP contribution >= 0.6 is 23.5 Å². The molecule has 0 amide bonds. The van der Waals surface area contributed by atoms with Crippen molar-refractivity contribution >= 4 is 23.5 Å². The minimum Gasteiger partial charge on any atom is -0.309 e. The highest BCUT2D eigenvalue weighted by atomic mass is 79.9. The van der Waals surface area contributed by atoms with Crippen LogP contribution in [-0.4, -0.2) is 19.8 Å². The lowest BCUT2D eigenvalue weighted by molar-refractivity contribution is 0.228. The van der Waals surface area contributed by atoms with Gasteiger partial charge in [0.1, 0.15) is 4.22 Å². The molecule has 1 aromatic rings. The first kappa shape index (κ1) is 17.6. The maximum absolute atomic E-state index is 12.4. The van der Waals surface area contributed by atoms with E-state index in [9.17, 15) is 4.57 Å². The molecular weight excluding hydrogens is 341 g/mol. The molecule has 0 saturated heterocycles. The Bertz CT molecular complexity index is 455. The maximum Gasteiger partial charge on any atom is 0.367 e. The Kier molecular flexibility index (Phi) is 8.34. The van der Waals surface area contributed by atoms with E-state index in [1.807, 2.05) is 18.2 Å². The van der Waals surface area contributed by atoms with Gasteiger partial charge in [-0.05, 0) is 41.4 Å². The predicted octanol–water partition coefficient (Wildman–Crippen LogP) is 4.28. The molecule has 1 aromatic carbocycles. The summed E-state index contributed by atoms with van der Waals surface area (Å²) in [6, 6.07) is 10.1. The van der Waals surface area contributed by atoms with Gasteiger partial charge in [0.2, 0.25) is 0 Å². The van der Waals surface area contributed by atoms with Crippen molar-refractivity contribution in [1.29, 1.82) is 0 Å². The first-order valence-corrected chi connectivity index (χ1v) is 8.96. The lowest BCUT2D eigenvalue weighted by atomic mass is 10.2. The van der Waals surface area contributed by atoms with Gasteiger partial charge in [0.25, 0.3) is 0 Å². The molecule has 1 N–H and O–H groups in total. The minimum absolute atomic E-state index is 0.345. The second-order valence-corrected chi connectivity index (χ2v) is 7.44. The summed E-state index contributed by atoms with van der Waals surface area (Å²) in [7, 11) is -3.18. The average Bonchev–Trinajstić information content (AvgIpc) is 2.45. The molecule has 0 aliphatic carbocycles. The van der Waals surface area contributed by atoms with Gasteiger partial charge in [0.05, 0.1) is 13.2 Å². The van der Waals surface area contributed by atoms with Crippen LogP contribution in [-0.2, 0) is 20.2 Å². The van der Waals surface area contributed by atoms with E-state index in [1.165, 1.54) is 5.56 Å². The number of hydrogen-bond acceptors (Lipinski definition) is 4.